The highest BCUT2D eigenvalue weighted by atomic mass is 32.1. The summed E-state index contributed by atoms with van der Waals surface area (Å²) in [5, 5.41) is 4.89. The quantitative estimate of drug-likeness (QED) is 0.324. The number of nitrogens with one attached hydrogen (secondary N) is 1. The predicted molar refractivity (Wildman–Crippen MR) is 167 cm³/mol. The molecule has 1 fully saturated rings. The molecule has 0 unspecified atom stereocenters. The third-order valence-corrected chi connectivity index (χ3v) is 9.31. The molecule has 0 aliphatic carbocycles. The summed E-state index contributed by atoms with van der Waals surface area (Å²) in [4.78, 5) is 47.8. The molecule has 0 saturated carbocycles. The highest BCUT2D eigenvalue weighted by molar-refractivity contribution is 7.10. The fourth-order valence-corrected chi connectivity index (χ4v) is 7.16. The van der Waals surface area contributed by atoms with Gasteiger partial charge in [-0.2, -0.15) is 0 Å². The van der Waals surface area contributed by atoms with Gasteiger partial charge in [-0.05, 0) is 67.1 Å². The average Bonchev–Trinajstić information content (AvgIpc) is 3.79. The summed E-state index contributed by atoms with van der Waals surface area (Å²) in [5.41, 5.74) is 2.14. The molecule has 43 heavy (non-hydrogen) atoms. The van der Waals surface area contributed by atoms with Crippen LogP contribution >= 0.6 is 22.7 Å². The van der Waals surface area contributed by atoms with E-state index in [1.807, 2.05) is 58.8 Å². The molecule has 1 N–H and O–H groups in total. The zero-order valence-corrected chi connectivity index (χ0v) is 25.4. The number of nitrogens with zero attached hydrogens (tertiary/aromatic N) is 3. The summed E-state index contributed by atoms with van der Waals surface area (Å²) in [6.07, 6.45) is 3.82. The minimum Gasteiger partial charge on any atom is -0.493 e. The number of likely N-dealkylation sites (tertiary alicyclic amines) is 1. The molecular formula is C32H30N4O5S2. The average molecular weight is 615 g/mol. The highest BCUT2D eigenvalue weighted by Crippen LogP contribution is 2.33. The SMILES string of the molecule is COc1cc(/C=c2/sc3n(c2=O)[C@@H](c2cccs2)C(C(=O)Nc2ccccc2)=C(C)N=3)ccc1OCC(=O)N1CCCC1. The van der Waals surface area contributed by atoms with Crippen molar-refractivity contribution in [1.82, 2.24) is 9.47 Å². The number of benzene rings is 2. The van der Waals surface area contributed by atoms with Crippen molar-refractivity contribution in [3.8, 4) is 11.5 Å². The summed E-state index contributed by atoms with van der Waals surface area (Å²) in [6, 6.07) is 17.8. The molecule has 2 aliphatic heterocycles. The number of para-hydroxylation sites is 1. The zero-order valence-electron chi connectivity index (χ0n) is 23.7. The van der Waals surface area contributed by atoms with Crippen LogP contribution in [0.3, 0.4) is 0 Å². The van der Waals surface area contributed by atoms with E-state index in [-0.39, 0.29) is 24.0 Å². The van der Waals surface area contributed by atoms with E-state index in [1.54, 1.807) is 29.7 Å². The fraction of sp³-hybridized carbons (Fsp3) is 0.250. The van der Waals surface area contributed by atoms with Crippen molar-refractivity contribution in [1.29, 1.82) is 0 Å². The van der Waals surface area contributed by atoms with Gasteiger partial charge < -0.3 is 19.7 Å². The number of allylic oxidation sites excluding steroid dienone is 1. The number of carbonyl (C=O) groups is 2. The van der Waals surface area contributed by atoms with Gasteiger partial charge in [-0.1, -0.05) is 41.7 Å². The molecule has 1 saturated heterocycles. The lowest BCUT2D eigenvalue weighted by molar-refractivity contribution is -0.132. The number of ether oxygens (including phenoxy) is 2. The number of carbonyl (C=O) groups excluding carboxylic acids is 2. The standard InChI is InChI=1S/C32H30N4O5S2/c1-20-28(30(38)34-22-9-4-3-5-10-22)29(25-11-8-16-42-25)36-31(39)26(43-32(36)33-20)18-21-12-13-23(24(17-21)40-2)41-19-27(37)35-14-6-7-15-35/h3-5,8-13,16-18,29H,6-7,14-15,19H2,1-2H3,(H,34,38)/b26-18+/t29-/m0/s1. The van der Waals surface area contributed by atoms with Crippen molar-refractivity contribution >= 4 is 46.3 Å². The molecule has 2 aromatic carbocycles. The van der Waals surface area contributed by atoms with Crippen molar-refractivity contribution in [2.75, 3.05) is 32.1 Å². The van der Waals surface area contributed by atoms with E-state index < -0.39 is 6.04 Å². The van der Waals surface area contributed by atoms with Crippen molar-refractivity contribution in [2.45, 2.75) is 25.8 Å². The predicted octanol–water partition coefficient (Wildman–Crippen LogP) is 3.95. The van der Waals surface area contributed by atoms with Crippen LogP contribution in [0.25, 0.3) is 6.08 Å². The molecule has 0 radical (unpaired) electrons. The van der Waals surface area contributed by atoms with Crippen LogP contribution in [-0.2, 0) is 9.59 Å². The highest BCUT2D eigenvalue weighted by Gasteiger charge is 2.33. The molecule has 2 aliphatic rings. The number of hydrogen-bond acceptors (Lipinski definition) is 8. The topological polar surface area (TPSA) is 102 Å². The second kappa shape index (κ2) is 12.4. The lowest BCUT2D eigenvalue weighted by atomic mass is 10.0. The third-order valence-electron chi connectivity index (χ3n) is 7.41. The van der Waals surface area contributed by atoms with Crippen molar-refractivity contribution in [2.24, 2.45) is 4.99 Å². The first-order valence-electron chi connectivity index (χ1n) is 13.9. The fourth-order valence-electron chi connectivity index (χ4n) is 5.29. The summed E-state index contributed by atoms with van der Waals surface area (Å²) in [5.74, 6) is 0.569. The van der Waals surface area contributed by atoms with Crippen LogP contribution in [0.4, 0.5) is 5.69 Å². The van der Waals surface area contributed by atoms with Gasteiger partial charge in [-0.15, -0.1) is 11.3 Å². The molecular weight excluding hydrogens is 585 g/mol. The van der Waals surface area contributed by atoms with Crippen LogP contribution < -0.4 is 29.7 Å². The number of rotatable bonds is 8. The van der Waals surface area contributed by atoms with Crippen LogP contribution in [0.5, 0.6) is 11.5 Å². The number of amides is 2. The van der Waals surface area contributed by atoms with Gasteiger partial charge in [-0.3, -0.25) is 19.0 Å². The van der Waals surface area contributed by atoms with Crippen LogP contribution in [-0.4, -0.2) is 48.1 Å². The second-order valence-electron chi connectivity index (χ2n) is 10.2. The Bertz CT molecular complexity index is 1870. The number of fused-ring (bicyclic) bond motifs is 1. The van der Waals surface area contributed by atoms with E-state index in [2.05, 4.69) is 5.32 Å². The second-order valence-corrected chi connectivity index (χ2v) is 12.2. The van der Waals surface area contributed by atoms with Gasteiger partial charge in [0.05, 0.1) is 22.9 Å². The van der Waals surface area contributed by atoms with Crippen molar-refractivity contribution in [3.63, 3.8) is 0 Å². The normalized spacial score (nSPS) is 16.6. The number of anilines is 1. The number of methoxy groups -OCH3 is 1. The molecule has 1 atom stereocenters. The van der Waals surface area contributed by atoms with Crippen LogP contribution in [0.1, 0.15) is 36.2 Å². The maximum absolute atomic E-state index is 13.9. The van der Waals surface area contributed by atoms with Gasteiger partial charge in [0.15, 0.2) is 22.9 Å². The van der Waals surface area contributed by atoms with Crippen molar-refractivity contribution < 1.29 is 19.1 Å². The van der Waals surface area contributed by atoms with E-state index in [0.717, 1.165) is 36.4 Å². The minimum atomic E-state index is -0.611. The van der Waals surface area contributed by atoms with Gasteiger partial charge in [0.25, 0.3) is 17.4 Å². The molecule has 220 valence electrons. The monoisotopic (exact) mass is 614 g/mol. The molecule has 2 aromatic heterocycles. The smallest absolute Gasteiger partial charge is 0.271 e. The summed E-state index contributed by atoms with van der Waals surface area (Å²) in [6.45, 7) is 3.27. The van der Waals surface area contributed by atoms with E-state index in [4.69, 9.17) is 14.5 Å². The minimum absolute atomic E-state index is 0.0443. The number of thiazole rings is 1. The van der Waals surface area contributed by atoms with Gasteiger partial charge >= 0.3 is 0 Å². The van der Waals surface area contributed by atoms with Gasteiger partial charge in [0.2, 0.25) is 0 Å². The maximum Gasteiger partial charge on any atom is 0.271 e. The first kappa shape index (κ1) is 28.6. The largest absolute Gasteiger partial charge is 0.493 e. The van der Waals surface area contributed by atoms with E-state index in [9.17, 15) is 14.4 Å². The molecule has 0 spiro atoms. The van der Waals surface area contributed by atoms with E-state index in [1.165, 1.54) is 29.8 Å². The molecule has 0 bridgehead atoms. The molecule has 6 rings (SSSR count). The Kier molecular flexibility index (Phi) is 8.26. The first-order chi connectivity index (χ1) is 20.9. The molecule has 2 amide bonds. The Balaban J connectivity index is 1.32. The van der Waals surface area contributed by atoms with Gasteiger partial charge in [0.1, 0.15) is 6.04 Å². The zero-order chi connectivity index (χ0) is 29.9. The Morgan fingerprint density at radius 1 is 1.07 bits per heavy atom. The maximum atomic E-state index is 13.9. The Hall–Kier alpha value is -4.48. The van der Waals surface area contributed by atoms with Crippen LogP contribution in [0.2, 0.25) is 0 Å². The van der Waals surface area contributed by atoms with E-state index >= 15 is 0 Å². The lowest BCUT2D eigenvalue weighted by Gasteiger charge is -2.24. The number of aromatic nitrogens is 1. The summed E-state index contributed by atoms with van der Waals surface area (Å²) < 4.78 is 13.4. The van der Waals surface area contributed by atoms with E-state index in [0.29, 0.717) is 37.8 Å². The number of thiophene rings is 1. The van der Waals surface area contributed by atoms with Gasteiger partial charge in [0, 0.05) is 23.7 Å². The molecule has 11 heteroatoms. The Morgan fingerprint density at radius 3 is 2.58 bits per heavy atom. The molecule has 9 nitrogen and oxygen atoms in total. The van der Waals surface area contributed by atoms with Gasteiger partial charge in [-0.25, -0.2) is 4.99 Å². The summed E-state index contributed by atoms with van der Waals surface area (Å²) >= 11 is 2.76. The Morgan fingerprint density at radius 2 is 1.86 bits per heavy atom. The first-order valence-corrected chi connectivity index (χ1v) is 15.6. The molecule has 4 heterocycles. The van der Waals surface area contributed by atoms with Crippen LogP contribution in [0, 0.1) is 0 Å². The van der Waals surface area contributed by atoms with Crippen molar-refractivity contribution in [3.05, 3.63) is 107 Å². The lowest BCUT2D eigenvalue weighted by Crippen LogP contribution is -2.40. The number of hydrogen-bond donors (Lipinski definition) is 1. The third kappa shape index (κ3) is 5.91. The van der Waals surface area contributed by atoms with Crippen LogP contribution in [0.15, 0.2) is 87.1 Å². The summed E-state index contributed by atoms with van der Waals surface area (Å²) in [7, 11) is 1.54. The Labute approximate surface area is 256 Å². The molecule has 4 aromatic rings.